The Morgan fingerprint density at radius 2 is 1.72 bits per heavy atom. The second-order valence-corrected chi connectivity index (χ2v) is 7.11. The zero-order chi connectivity index (χ0) is 20.6. The number of benzene rings is 2. The quantitative estimate of drug-likeness (QED) is 0.577. The van der Waals surface area contributed by atoms with E-state index in [0.29, 0.717) is 24.9 Å². The smallest absolute Gasteiger partial charge is 0.320 e. The number of hydrogen-bond acceptors (Lipinski definition) is 5. The van der Waals surface area contributed by atoms with Crippen molar-refractivity contribution < 1.29 is 19.1 Å². The fourth-order valence-electron chi connectivity index (χ4n) is 3.59. The van der Waals surface area contributed by atoms with Crippen LogP contribution in [0.25, 0.3) is 0 Å². The predicted octanol–water partition coefficient (Wildman–Crippen LogP) is 3.10. The maximum Gasteiger partial charge on any atom is 0.320 e. The van der Waals surface area contributed by atoms with Gasteiger partial charge in [0, 0.05) is 5.56 Å². The Bertz CT molecular complexity index is 838. The average molecular weight is 394 g/mol. The maximum atomic E-state index is 12.6. The largest absolute Gasteiger partial charge is 0.457 e. The van der Waals surface area contributed by atoms with E-state index < -0.39 is 11.9 Å². The molecule has 6 nitrogen and oxygen atoms in total. The summed E-state index contributed by atoms with van der Waals surface area (Å²) >= 11 is 0. The lowest BCUT2D eigenvalue weighted by Crippen LogP contribution is -2.47. The predicted molar refractivity (Wildman–Crippen MR) is 109 cm³/mol. The van der Waals surface area contributed by atoms with Gasteiger partial charge in [-0.25, -0.2) is 0 Å². The summed E-state index contributed by atoms with van der Waals surface area (Å²) in [7, 11) is 0. The van der Waals surface area contributed by atoms with Crippen LogP contribution in [0.3, 0.4) is 0 Å². The van der Waals surface area contributed by atoms with Crippen LogP contribution in [0.5, 0.6) is 0 Å². The van der Waals surface area contributed by atoms with E-state index in [2.05, 4.69) is 5.32 Å². The van der Waals surface area contributed by atoms with Crippen LogP contribution in [-0.2, 0) is 14.3 Å². The van der Waals surface area contributed by atoms with E-state index in [1.807, 2.05) is 43.3 Å². The Morgan fingerprint density at radius 3 is 2.38 bits per heavy atom. The lowest BCUT2D eigenvalue weighted by atomic mass is 10.1. The van der Waals surface area contributed by atoms with Crippen LogP contribution in [0.4, 0.5) is 0 Å². The monoisotopic (exact) mass is 394 g/mol. The number of rotatable bonds is 7. The van der Waals surface area contributed by atoms with Crippen molar-refractivity contribution in [1.82, 2.24) is 10.2 Å². The SMILES string of the molecule is CCC(OC(=O)CN1CCC[C@@H]1C(=O)NC(=O)c1ccccc1)c1ccccc1. The van der Waals surface area contributed by atoms with Gasteiger partial charge in [0.25, 0.3) is 5.91 Å². The highest BCUT2D eigenvalue weighted by atomic mass is 16.5. The topological polar surface area (TPSA) is 75.7 Å². The molecule has 0 radical (unpaired) electrons. The summed E-state index contributed by atoms with van der Waals surface area (Å²) in [5.74, 6) is -1.17. The molecule has 1 N–H and O–H groups in total. The van der Waals surface area contributed by atoms with Crippen molar-refractivity contribution in [2.24, 2.45) is 0 Å². The first-order valence-electron chi connectivity index (χ1n) is 9.97. The molecule has 1 heterocycles. The molecule has 6 heteroatoms. The van der Waals surface area contributed by atoms with E-state index in [1.165, 1.54) is 0 Å². The summed E-state index contributed by atoms with van der Waals surface area (Å²) in [6, 6.07) is 17.7. The number of carbonyl (C=O) groups is 3. The molecule has 1 aliphatic rings. The van der Waals surface area contributed by atoms with Crippen LogP contribution in [0, 0.1) is 0 Å². The molecular weight excluding hydrogens is 368 g/mol. The second kappa shape index (κ2) is 9.98. The number of imide groups is 1. The van der Waals surface area contributed by atoms with Crippen LogP contribution < -0.4 is 5.32 Å². The van der Waals surface area contributed by atoms with Crippen LogP contribution in [0.15, 0.2) is 60.7 Å². The van der Waals surface area contributed by atoms with E-state index >= 15 is 0 Å². The molecular formula is C23H26N2O4. The Morgan fingerprint density at radius 1 is 1.07 bits per heavy atom. The van der Waals surface area contributed by atoms with Crippen LogP contribution >= 0.6 is 0 Å². The number of ether oxygens (including phenoxy) is 1. The first-order chi connectivity index (χ1) is 14.1. The van der Waals surface area contributed by atoms with Gasteiger partial charge in [-0.1, -0.05) is 55.5 Å². The van der Waals surface area contributed by atoms with Crippen molar-refractivity contribution in [2.75, 3.05) is 13.1 Å². The van der Waals surface area contributed by atoms with Gasteiger partial charge in [0.15, 0.2) is 0 Å². The highest BCUT2D eigenvalue weighted by molar-refractivity contribution is 6.06. The van der Waals surface area contributed by atoms with E-state index in [0.717, 1.165) is 12.0 Å². The zero-order valence-electron chi connectivity index (χ0n) is 16.5. The molecule has 1 aliphatic heterocycles. The van der Waals surface area contributed by atoms with Crippen molar-refractivity contribution in [3.8, 4) is 0 Å². The third-order valence-corrected chi connectivity index (χ3v) is 5.09. The molecule has 1 saturated heterocycles. The highest BCUT2D eigenvalue weighted by Crippen LogP contribution is 2.22. The molecule has 2 amide bonds. The van der Waals surface area contributed by atoms with Gasteiger partial charge in [0.2, 0.25) is 5.91 Å². The molecule has 1 fully saturated rings. The molecule has 0 bridgehead atoms. The minimum absolute atomic E-state index is 0.0287. The summed E-state index contributed by atoms with van der Waals surface area (Å²) in [5, 5.41) is 2.45. The minimum atomic E-state index is -0.507. The molecule has 0 aliphatic carbocycles. The normalized spacial score (nSPS) is 17.5. The zero-order valence-corrected chi connectivity index (χ0v) is 16.5. The number of esters is 1. The molecule has 2 atom stereocenters. The lowest BCUT2D eigenvalue weighted by Gasteiger charge is -2.24. The van der Waals surface area contributed by atoms with E-state index in [4.69, 9.17) is 4.74 Å². The van der Waals surface area contributed by atoms with E-state index in [9.17, 15) is 14.4 Å². The highest BCUT2D eigenvalue weighted by Gasteiger charge is 2.33. The first-order valence-corrected chi connectivity index (χ1v) is 9.97. The molecule has 0 aromatic heterocycles. The Balaban J connectivity index is 1.56. The number of likely N-dealkylation sites (tertiary alicyclic amines) is 1. The van der Waals surface area contributed by atoms with Crippen LogP contribution in [0.1, 0.15) is 48.2 Å². The standard InChI is InChI=1S/C23H26N2O4/c1-2-20(17-10-5-3-6-11-17)29-21(26)16-25-15-9-14-19(25)23(28)24-22(27)18-12-7-4-8-13-18/h3-8,10-13,19-20H,2,9,14-16H2,1H3,(H,24,27,28)/t19-,20?/m1/s1. The summed E-state index contributed by atoms with van der Waals surface area (Å²) < 4.78 is 5.65. The van der Waals surface area contributed by atoms with Gasteiger partial charge in [-0.05, 0) is 43.5 Å². The van der Waals surface area contributed by atoms with Gasteiger partial charge >= 0.3 is 5.97 Å². The number of carbonyl (C=O) groups excluding carboxylic acids is 3. The van der Waals surface area contributed by atoms with Crippen LogP contribution in [-0.4, -0.2) is 41.8 Å². The first kappa shape index (κ1) is 20.7. The van der Waals surface area contributed by atoms with Gasteiger partial charge in [0.1, 0.15) is 6.10 Å². The number of hydrogen-bond donors (Lipinski definition) is 1. The minimum Gasteiger partial charge on any atom is -0.457 e. The second-order valence-electron chi connectivity index (χ2n) is 7.11. The summed E-state index contributed by atoms with van der Waals surface area (Å²) in [5.41, 5.74) is 1.38. The van der Waals surface area contributed by atoms with Gasteiger partial charge in [-0.15, -0.1) is 0 Å². The Kier molecular flexibility index (Phi) is 7.14. The van der Waals surface area contributed by atoms with Crippen molar-refractivity contribution in [2.45, 2.75) is 38.3 Å². The van der Waals surface area contributed by atoms with Gasteiger partial charge < -0.3 is 4.74 Å². The van der Waals surface area contributed by atoms with Gasteiger partial charge in [-0.2, -0.15) is 0 Å². The molecule has 0 spiro atoms. The van der Waals surface area contributed by atoms with Crippen LogP contribution in [0.2, 0.25) is 0 Å². The van der Waals surface area contributed by atoms with Crippen molar-refractivity contribution in [1.29, 1.82) is 0 Å². The van der Waals surface area contributed by atoms with E-state index in [1.54, 1.807) is 29.2 Å². The number of nitrogens with one attached hydrogen (secondary N) is 1. The molecule has 0 saturated carbocycles. The third kappa shape index (κ3) is 5.51. The Labute approximate surface area is 170 Å². The Hall–Kier alpha value is -2.99. The summed E-state index contributed by atoms with van der Waals surface area (Å²) in [4.78, 5) is 39.1. The van der Waals surface area contributed by atoms with Crippen molar-refractivity contribution in [3.63, 3.8) is 0 Å². The lowest BCUT2D eigenvalue weighted by molar-refractivity contribution is -0.151. The van der Waals surface area contributed by atoms with Gasteiger partial charge in [-0.3, -0.25) is 24.6 Å². The maximum absolute atomic E-state index is 12.6. The summed E-state index contributed by atoms with van der Waals surface area (Å²) in [6.07, 6.45) is 1.77. The molecule has 29 heavy (non-hydrogen) atoms. The number of amides is 2. The molecule has 3 rings (SSSR count). The summed E-state index contributed by atoms with van der Waals surface area (Å²) in [6.45, 7) is 2.61. The number of nitrogens with zero attached hydrogens (tertiary/aromatic N) is 1. The van der Waals surface area contributed by atoms with Crippen molar-refractivity contribution in [3.05, 3.63) is 71.8 Å². The molecule has 2 aromatic rings. The molecule has 1 unspecified atom stereocenters. The molecule has 2 aromatic carbocycles. The molecule has 152 valence electrons. The van der Waals surface area contributed by atoms with E-state index in [-0.39, 0.29) is 24.5 Å². The fraction of sp³-hybridized carbons (Fsp3) is 0.348. The third-order valence-electron chi connectivity index (χ3n) is 5.09. The van der Waals surface area contributed by atoms with Crippen molar-refractivity contribution >= 4 is 17.8 Å². The average Bonchev–Trinajstić information content (AvgIpc) is 3.21. The fourth-order valence-corrected chi connectivity index (χ4v) is 3.59. The van der Waals surface area contributed by atoms with Gasteiger partial charge in [0.05, 0.1) is 12.6 Å².